The Morgan fingerprint density at radius 1 is 1.14 bits per heavy atom. The molecule has 1 aliphatic carbocycles. The molecule has 2 aromatic rings. The third-order valence-corrected chi connectivity index (χ3v) is 4.59. The lowest BCUT2D eigenvalue weighted by atomic mass is 9.90. The van der Waals surface area contributed by atoms with E-state index in [1.54, 1.807) is 4.68 Å². The zero-order valence-electron chi connectivity index (χ0n) is 13.3. The van der Waals surface area contributed by atoms with E-state index in [1.807, 2.05) is 55.2 Å². The van der Waals surface area contributed by atoms with Gasteiger partial charge in [-0.25, -0.2) is 4.68 Å². The summed E-state index contributed by atoms with van der Waals surface area (Å²) in [4.78, 5) is 17.3. The van der Waals surface area contributed by atoms with Gasteiger partial charge in [-0.05, 0) is 37.8 Å². The first-order valence-electron chi connectivity index (χ1n) is 8.06. The molecule has 0 bridgehead atoms. The molecule has 0 saturated heterocycles. The van der Waals surface area contributed by atoms with Crippen molar-refractivity contribution in [3.63, 3.8) is 0 Å². The van der Waals surface area contributed by atoms with Gasteiger partial charge in [-0.3, -0.25) is 14.5 Å². The van der Waals surface area contributed by atoms with Crippen LogP contribution in [0.15, 0.2) is 40.1 Å². The Labute approximate surface area is 131 Å². The molecule has 1 aromatic heterocycles. The molecule has 1 aliphatic rings. The van der Waals surface area contributed by atoms with E-state index in [0.717, 1.165) is 11.4 Å². The molecular formula is C18H23N3O. The van der Waals surface area contributed by atoms with Crippen molar-refractivity contribution in [3.8, 4) is 5.69 Å². The van der Waals surface area contributed by atoms with Gasteiger partial charge < -0.3 is 0 Å². The number of hydrogen-bond donors (Lipinski definition) is 0. The Morgan fingerprint density at radius 2 is 1.82 bits per heavy atom. The summed E-state index contributed by atoms with van der Waals surface area (Å²) in [5.41, 5.74) is 2.30. The number of hydrogen-bond acceptors (Lipinski definition) is 2. The predicted octanol–water partition coefficient (Wildman–Crippen LogP) is 3.77. The number of aromatic nitrogens is 2. The topological polar surface area (TPSA) is 39.3 Å². The molecule has 0 aliphatic heterocycles. The largest absolute Gasteiger partial charge is 0.297 e. The van der Waals surface area contributed by atoms with Gasteiger partial charge in [-0.1, -0.05) is 37.5 Å². The Bertz CT molecular complexity index is 719. The van der Waals surface area contributed by atoms with Crippen LogP contribution in [0.2, 0.25) is 0 Å². The maximum Gasteiger partial charge on any atom is 0.297 e. The Morgan fingerprint density at radius 3 is 2.50 bits per heavy atom. The molecule has 4 heteroatoms. The van der Waals surface area contributed by atoms with Gasteiger partial charge in [0, 0.05) is 13.3 Å². The maximum atomic E-state index is 12.7. The first-order valence-corrected chi connectivity index (χ1v) is 8.06. The number of nitrogens with zero attached hydrogens (tertiary/aromatic N) is 3. The summed E-state index contributed by atoms with van der Waals surface area (Å²) in [6, 6.07) is 9.71. The van der Waals surface area contributed by atoms with Gasteiger partial charge in [0.15, 0.2) is 5.69 Å². The van der Waals surface area contributed by atoms with Crippen LogP contribution in [0.3, 0.4) is 0 Å². The second-order valence-electron chi connectivity index (χ2n) is 6.09. The molecule has 4 nitrogen and oxygen atoms in total. The summed E-state index contributed by atoms with van der Waals surface area (Å²) in [5, 5.41) is 0. The molecule has 1 heterocycles. The fraction of sp³-hybridized carbons (Fsp3) is 0.444. The average molecular weight is 297 g/mol. The molecule has 0 radical (unpaired) electrons. The van der Waals surface area contributed by atoms with Gasteiger partial charge in [-0.15, -0.1) is 0 Å². The van der Waals surface area contributed by atoms with Crippen LogP contribution < -0.4 is 5.56 Å². The summed E-state index contributed by atoms with van der Waals surface area (Å²) < 4.78 is 3.56. The third kappa shape index (κ3) is 2.78. The standard InChI is InChI=1S/C18H23N3O/c1-14-17(19-13-15-9-5-3-6-10-15)18(22)21(20(14)2)16-11-7-4-8-12-16/h4,7-8,11-13,15H,3,5-6,9-10H2,1-2H3. The average Bonchev–Trinajstić information content (AvgIpc) is 2.77. The summed E-state index contributed by atoms with van der Waals surface area (Å²) in [6.07, 6.45) is 8.27. The van der Waals surface area contributed by atoms with Crippen molar-refractivity contribution < 1.29 is 0 Å². The second kappa shape index (κ2) is 6.34. The highest BCUT2D eigenvalue weighted by Gasteiger charge is 2.16. The highest BCUT2D eigenvalue weighted by atomic mass is 16.1. The molecule has 0 spiro atoms. The van der Waals surface area contributed by atoms with Crippen LogP contribution >= 0.6 is 0 Å². The van der Waals surface area contributed by atoms with Crippen molar-refractivity contribution in [2.24, 2.45) is 18.0 Å². The van der Waals surface area contributed by atoms with Crippen LogP contribution in [-0.2, 0) is 7.05 Å². The summed E-state index contributed by atoms with van der Waals surface area (Å²) in [7, 11) is 1.91. The maximum absolute atomic E-state index is 12.7. The summed E-state index contributed by atoms with van der Waals surface area (Å²) in [5.74, 6) is 0.526. The Hall–Kier alpha value is -2.10. The lowest BCUT2D eigenvalue weighted by Gasteiger charge is -2.16. The molecule has 0 N–H and O–H groups in total. The van der Waals surface area contributed by atoms with Crippen molar-refractivity contribution in [2.45, 2.75) is 39.0 Å². The number of rotatable bonds is 3. The number of para-hydroxylation sites is 1. The minimum atomic E-state index is -0.0433. The lowest BCUT2D eigenvalue weighted by Crippen LogP contribution is -2.19. The molecule has 1 saturated carbocycles. The van der Waals surface area contributed by atoms with Crippen LogP contribution in [0.4, 0.5) is 5.69 Å². The van der Waals surface area contributed by atoms with E-state index in [2.05, 4.69) is 4.99 Å². The van der Waals surface area contributed by atoms with Gasteiger partial charge in [-0.2, -0.15) is 0 Å². The van der Waals surface area contributed by atoms with Crippen LogP contribution in [-0.4, -0.2) is 15.6 Å². The molecule has 0 unspecified atom stereocenters. The van der Waals surface area contributed by atoms with Gasteiger partial charge in [0.05, 0.1) is 11.4 Å². The zero-order chi connectivity index (χ0) is 15.5. The van der Waals surface area contributed by atoms with Crippen molar-refractivity contribution >= 4 is 11.9 Å². The number of benzene rings is 1. The molecule has 1 fully saturated rings. The molecule has 0 amide bonds. The fourth-order valence-corrected chi connectivity index (χ4v) is 3.17. The van der Waals surface area contributed by atoms with E-state index in [4.69, 9.17) is 0 Å². The Kier molecular flexibility index (Phi) is 4.27. The highest BCUT2D eigenvalue weighted by Crippen LogP contribution is 2.23. The quantitative estimate of drug-likeness (QED) is 0.795. The minimum Gasteiger partial charge on any atom is -0.283 e. The fourth-order valence-electron chi connectivity index (χ4n) is 3.17. The van der Waals surface area contributed by atoms with E-state index in [0.29, 0.717) is 11.6 Å². The van der Waals surface area contributed by atoms with Crippen molar-refractivity contribution in [1.82, 2.24) is 9.36 Å². The van der Waals surface area contributed by atoms with Crippen LogP contribution in [0.5, 0.6) is 0 Å². The van der Waals surface area contributed by atoms with Gasteiger partial charge in [0.1, 0.15) is 0 Å². The normalized spacial score (nSPS) is 16.5. The molecule has 0 atom stereocenters. The van der Waals surface area contributed by atoms with Crippen LogP contribution in [0.25, 0.3) is 5.69 Å². The third-order valence-electron chi connectivity index (χ3n) is 4.59. The SMILES string of the molecule is Cc1c(N=CC2CCCCC2)c(=O)n(-c2ccccc2)n1C. The van der Waals surface area contributed by atoms with Crippen LogP contribution in [0.1, 0.15) is 37.8 Å². The lowest BCUT2D eigenvalue weighted by molar-refractivity contribution is 0.445. The molecule has 3 rings (SSSR count). The smallest absolute Gasteiger partial charge is 0.283 e. The van der Waals surface area contributed by atoms with Crippen molar-refractivity contribution in [3.05, 3.63) is 46.4 Å². The van der Waals surface area contributed by atoms with E-state index < -0.39 is 0 Å². The summed E-state index contributed by atoms with van der Waals surface area (Å²) >= 11 is 0. The molecular weight excluding hydrogens is 274 g/mol. The van der Waals surface area contributed by atoms with E-state index >= 15 is 0 Å². The molecule has 1 aromatic carbocycles. The summed E-state index contributed by atoms with van der Waals surface area (Å²) in [6.45, 7) is 1.95. The van der Waals surface area contributed by atoms with Gasteiger partial charge in [0.25, 0.3) is 5.56 Å². The van der Waals surface area contributed by atoms with Gasteiger partial charge in [0.2, 0.25) is 0 Å². The van der Waals surface area contributed by atoms with E-state index in [-0.39, 0.29) is 5.56 Å². The van der Waals surface area contributed by atoms with Crippen molar-refractivity contribution in [2.75, 3.05) is 0 Å². The Balaban J connectivity index is 1.96. The van der Waals surface area contributed by atoms with E-state index in [9.17, 15) is 4.79 Å². The minimum absolute atomic E-state index is 0.0433. The first-order chi connectivity index (χ1) is 10.7. The predicted molar refractivity (Wildman–Crippen MR) is 90.5 cm³/mol. The monoisotopic (exact) mass is 297 g/mol. The second-order valence-corrected chi connectivity index (χ2v) is 6.09. The number of aliphatic imine (C=N–C) groups is 1. The van der Waals surface area contributed by atoms with Crippen molar-refractivity contribution in [1.29, 1.82) is 0 Å². The zero-order valence-corrected chi connectivity index (χ0v) is 13.3. The van der Waals surface area contributed by atoms with E-state index in [1.165, 1.54) is 32.1 Å². The molecule has 22 heavy (non-hydrogen) atoms. The highest BCUT2D eigenvalue weighted by molar-refractivity contribution is 5.66. The van der Waals surface area contributed by atoms with Gasteiger partial charge >= 0.3 is 0 Å². The first kappa shape index (κ1) is 14.8. The van der Waals surface area contributed by atoms with Crippen LogP contribution in [0, 0.1) is 12.8 Å². The molecule has 116 valence electrons.